The van der Waals surface area contributed by atoms with Gasteiger partial charge in [-0.1, -0.05) is 0 Å². The maximum Gasteiger partial charge on any atom is 0.183 e. The molecule has 1 N–H and O–H groups in total. The van der Waals surface area contributed by atoms with Crippen LogP contribution in [0, 0.1) is 5.82 Å². The van der Waals surface area contributed by atoms with E-state index in [1.165, 1.54) is 12.5 Å². The lowest BCUT2D eigenvalue weighted by atomic mass is 10.2. The second-order valence-electron chi connectivity index (χ2n) is 3.50. The maximum absolute atomic E-state index is 13.3. The first-order chi connectivity index (χ1) is 6.77. The van der Waals surface area contributed by atoms with E-state index in [-0.39, 0.29) is 5.82 Å². The summed E-state index contributed by atoms with van der Waals surface area (Å²) < 4.78 is 13.3. The van der Waals surface area contributed by atoms with Crippen molar-refractivity contribution in [3.63, 3.8) is 0 Å². The van der Waals surface area contributed by atoms with E-state index in [4.69, 9.17) is 0 Å². The van der Waals surface area contributed by atoms with Crippen LogP contribution in [0.5, 0.6) is 0 Å². The third kappa shape index (κ3) is 1.82. The van der Waals surface area contributed by atoms with Gasteiger partial charge in [0, 0.05) is 25.7 Å². The number of rotatable bonds is 1. The van der Waals surface area contributed by atoms with Crippen LogP contribution < -0.4 is 10.2 Å². The predicted octanol–water partition coefficient (Wildman–Crippen LogP) is 0.414. The van der Waals surface area contributed by atoms with Gasteiger partial charge in [0.15, 0.2) is 11.6 Å². The topological polar surface area (TPSA) is 41.1 Å². The number of piperazine rings is 1. The number of aromatic nitrogens is 2. The quantitative estimate of drug-likeness (QED) is 0.706. The van der Waals surface area contributed by atoms with Crippen molar-refractivity contribution >= 4 is 5.82 Å². The molecule has 1 aliphatic heterocycles. The molecule has 0 unspecified atom stereocenters. The Labute approximate surface area is 82.2 Å². The molecular formula is C9H13FN4. The Morgan fingerprint density at radius 2 is 2.50 bits per heavy atom. The summed E-state index contributed by atoms with van der Waals surface area (Å²) in [5.74, 6) is 0.0648. The fourth-order valence-electron chi connectivity index (χ4n) is 1.66. The summed E-state index contributed by atoms with van der Waals surface area (Å²) in [5, 5.41) is 3.29. The highest BCUT2D eigenvalue weighted by Gasteiger charge is 2.19. The van der Waals surface area contributed by atoms with E-state index < -0.39 is 0 Å². The van der Waals surface area contributed by atoms with Crippen LogP contribution in [0.15, 0.2) is 12.5 Å². The van der Waals surface area contributed by atoms with Crippen LogP contribution in [0.1, 0.15) is 6.92 Å². The Morgan fingerprint density at radius 3 is 3.21 bits per heavy atom. The van der Waals surface area contributed by atoms with Crippen molar-refractivity contribution in [2.24, 2.45) is 0 Å². The molecule has 0 spiro atoms. The molecule has 76 valence electrons. The molecule has 0 aliphatic carbocycles. The van der Waals surface area contributed by atoms with Gasteiger partial charge >= 0.3 is 0 Å². The molecule has 1 fully saturated rings. The zero-order valence-electron chi connectivity index (χ0n) is 8.07. The fourth-order valence-corrected chi connectivity index (χ4v) is 1.66. The van der Waals surface area contributed by atoms with Gasteiger partial charge in [-0.3, -0.25) is 0 Å². The van der Waals surface area contributed by atoms with Gasteiger partial charge in [-0.25, -0.2) is 14.4 Å². The molecular weight excluding hydrogens is 183 g/mol. The first-order valence-electron chi connectivity index (χ1n) is 4.71. The van der Waals surface area contributed by atoms with Crippen molar-refractivity contribution in [2.75, 3.05) is 24.5 Å². The maximum atomic E-state index is 13.3. The molecule has 2 rings (SSSR count). The number of halogens is 1. The molecule has 1 saturated heterocycles. The monoisotopic (exact) mass is 196 g/mol. The summed E-state index contributed by atoms with van der Waals surface area (Å²) in [6.45, 7) is 4.52. The first kappa shape index (κ1) is 9.33. The number of hydrogen-bond acceptors (Lipinski definition) is 4. The van der Waals surface area contributed by atoms with E-state index in [9.17, 15) is 4.39 Å². The van der Waals surface area contributed by atoms with Gasteiger partial charge in [0.25, 0.3) is 0 Å². The minimum Gasteiger partial charge on any atom is -0.351 e. The third-order valence-corrected chi connectivity index (χ3v) is 2.32. The Kier molecular flexibility index (Phi) is 2.58. The lowest BCUT2D eigenvalue weighted by Crippen LogP contribution is -2.49. The second-order valence-corrected chi connectivity index (χ2v) is 3.50. The summed E-state index contributed by atoms with van der Waals surface area (Å²) in [5.41, 5.74) is 0. The van der Waals surface area contributed by atoms with Gasteiger partial charge in [0.05, 0.1) is 6.20 Å². The summed E-state index contributed by atoms with van der Waals surface area (Å²) in [7, 11) is 0. The van der Waals surface area contributed by atoms with Crippen LogP contribution in [0.4, 0.5) is 10.2 Å². The third-order valence-electron chi connectivity index (χ3n) is 2.32. The van der Waals surface area contributed by atoms with Crippen LogP contribution in [-0.2, 0) is 0 Å². The van der Waals surface area contributed by atoms with E-state index in [1.807, 2.05) is 4.90 Å². The van der Waals surface area contributed by atoms with E-state index in [0.29, 0.717) is 11.9 Å². The average molecular weight is 196 g/mol. The molecule has 0 aromatic carbocycles. The van der Waals surface area contributed by atoms with Gasteiger partial charge in [-0.2, -0.15) is 0 Å². The summed E-state index contributed by atoms with van der Waals surface area (Å²) >= 11 is 0. The molecule has 0 amide bonds. The SMILES string of the molecule is C[C@H]1CN(c2ncncc2F)CCN1. The Bertz CT molecular complexity index is 317. The molecule has 1 aromatic rings. The molecule has 1 atom stereocenters. The minimum absolute atomic E-state index is 0.346. The lowest BCUT2D eigenvalue weighted by molar-refractivity contribution is 0.474. The molecule has 5 heteroatoms. The molecule has 1 aliphatic rings. The van der Waals surface area contributed by atoms with Crippen molar-refractivity contribution < 1.29 is 4.39 Å². The standard InChI is InChI=1S/C9H13FN4/c1-7-5-14(3-2-12-7)9-8(10)4-11-6-13-9/h4,6-7,12H,2-3,5H2,1H3/t7-/m0/s1. The van der Waals surface area contributed by atoms with Crippen LogP contribution in [0.3, 0.4) is 0 Å². The Hall–Kier alpha value is -1.23. The zero-order chi connectivity index (χ0) is 9.97. The van der Waals surface area contributed by atoms with E-state index in [1.54, 1.807) is 0 Å². The van der Waals surface area contributed by atoms with Crippen molar-refractivity contribution in [1.29, 1.82) is 0 Å². The van der Waals surface area contributed by atoms with Crippen LogP contribution in [-0.4, -0.2) is 35.6 Å². The van der Waals surface area contributed by atoms with E-state index in [2.05, 4.69) is 22.2 Å². The van der Waals surface area contributed by atoms with Crippen molar-refractivity contribution in [1.82, 2.24) is 15.3 Å². The van der Waals surface area contributed by atoms with Gasteiger partial charge in [0.2, 0.25) is 0 Å². The normalized spacial score (nSPS) is 22.4. The van der Waals surface area contributed by atoms with Crippen LogP contribution >= 0.6 is 0 Å². The lowest BCUT2D eigenvalue weighted by Gasteiger charge is -2.32. The average Bonchev–Trinajstić information content (AvgIpc) is 2.18. The highest BCUT2D eigenvalue weighted by molar-refractivity contribution is 5.39. The predicted molar refractivity (Wildman–Crippen MR) is 51.7 cm³/mol. The van der Waals surface area contributed by atoms with Gasteiger partial charge < -0.3 is 10.2 Å². The zero-order valence-corrected chi connectivity index (χ0v) is 8.07. The first-order valence-corrected chi connectivity index (χ1v) is 4.71. The number of nitrogens with one attached hydrogen (secondary N) is 1. The fraction of sp³-hybridized carbons (Fsp3) is 0.556. The summed E-state index contributed by atoms with van der Waals surface area (Å²) in [6, 6.07) is 0.373. The van der Waals surface area contributed by atoms with Crippen molar-refractivity contribution in [2.45, 2.75) is 13.0 Å². The van der Waals surface area contributed by atoms with Crippen LogP contribution in [0.25, 0.3) is 0 Å². The second kappa shape index (κ2) is 3.88. The van der Waals surface area contributed by atoms with E-state index in [0.717, 1.165) is 19.6 Å². The van der Waals surface area contributed by atoms with Gasteiger partial charge in [0.1, 0.15) is 6.33 Å². The highest BCUT2D eigenvalue weighted by Crippen LogP contribution is 2.15. The number of hydrogen-bond donors (Lipinski definition) is 1. The molecule has 14 heavy (non-hydrogen) atoms. The summed E-state index contributed by atoms with van der Waals surface area (Å²) in [6.07, 6.45) is 2.58. The Morgan fingerprint density at radius 1 is 1.64 bits per heavy atom. The van der Waals surface area contributed by atoms with Crippen molar-refractivity contribution in [3.05, 3.63) is 18.3 Å². The number of anilines is 1. The van der Waals surface area contributed by atoms with Gasteiger partial charge in [-0.15, -0.1) is 0 Å². The molecule has 2 heterocycles. The Balaban J connectivity index is 2.18. The number of nitrogens with zero attached hydrogens (tertiary/aromatic N) is 3. The molecule has 0 bridgehead atoms. The summed E-state index contributed by atoms with van der Waals surface area (Å²) in [4.78, 5) is 9.52. The van der Waals surface area contributed by atoms with Gasteiger partial charge in [-0.05, 0) is 6.92 Å². The molecule has 0 saturated carbocycles. The van der Waals surface area contributed by atoms with Crippen molar-refractivity contribution in [3.8, 4) is 0 Å². The highest BCUT2D eigenvalue weighted by atomic mass is 19.1. The molecule has 1 aromatic heterocycles. The smallest absolute Gasteiger partial charge is 0.183 e. The van der Waals surface area contributed by atoms with Crippen LogP contribution in [0.2, 0.25) is 0 Å². The van der Waals surface area contributed by atoms with E-state index >= 15 is 0 Å². The molecule has 0 radical (unpaired) electrons. The largest absolute Gasteiger partial charge is 0.351 e. The molecule has 4 nitrogen and oxygen atoms in total. The minimum atomic E-state index is -0.346.